The highest BCUT2D eigenvalue weighted by Gasteiger charge is 2.40. The number of piperidine rings is 1. The van der Waals surface area contributed by atoms with Crippen molar-refractivity contribution < 1.29 is 38.7 Å². The largest absolute Gasteiger partial charge is 0.481 e. The molecular weight excluding hydrogens is 785 g/mol. The molecule has 1 saturated heterocycles. The van der Waals surface area contributed by atoms with Crippen molar-refractivity contribution in [1.82, 2.24) is 25.6 Å². The third-order valence-corrected chi connectivity index (χ3v) is 11.9. The van der Waals surface area contributed by atoms with Gasteiger partial charge in [-0.15, -0.1) is 23.7 Å². The number of rotatable bonds is 24. The molecule has 0 aliphatic carbocycles. The number of esters is 1. The van der Waals surface area contributed by atoms with Gasteiger partial charge in [0.25, 0.3) is 11.8 Å². The molecule has 1 aliphatic heterocycles. The molecule has 1 aliphatic rings. The summed E-state index contributed by atoms with van der Waals surface area (Å²) in [6, 6.07) is 5.66. The number of hydroxylamine groups is 2. The minimum absolute atomic E-state index is 0.0830. The highest BCUT2D eigenvalue weighted by molar-refractivity contribution is 7.09. The van der Waals surface area contributed by atoms with Crippen molar-refractivity contribution in [3.8, 4) is 12.3 Å². The van der Waals surface area contributed by atoms with Crippen LogP contribution < -0.4 is 16.0 Å². The van der Waals surface area contributed by atoms with E-state index in [9.17, 15) is 29.1 Å². The van der Waals surface area contributed by atoms with Crippen molar-refractivity contribution >= 4 is 46.7 Å². The molecule has 60 heavy (non-hydrogen) atoms. The lowest BCUT2D eigenvalue weighted by Crippen LogP contribution is -2.58. The van der Waals surface area contributed by atoms with E-state index in [0.29, 0.717) is 37.1 Å². The Labute approximate surface area is 360 Å². The zero-order valence-corrected chi connectivity index (χ0v) is 37.8. The first kappa shape index (κ1) is 49.8. The van der Waals surface area contributed by atoms with Crippen molar-refractivity contribution in [2.24, 2.45) is 17.8 Å². The predicted molar refractivity (Wildman–Crippen MR) is 234 cm³/mol. The number of aromatic nitrogens is 1. The summed E-state index contributed by atoms with van der Waals surface area (Å²) in [7, 11) is 1.92. The monoisotopic (exact) mass is 852 g/mol. The van der Waals surface area contributed by atoms with Gasteiger partial charge in [0.2, 0.25) is 5.91 Å². The number of aliphatic carboxylic acids is 1. The van der Waals surface area contributed by atoms with Crippen LogP contribution in [0.15, 0.2) is 29.6 Å². The Morgan fingerprint density at radius 3 is 2.33 bits per heavy atom. The highest BCUT2D eigenvalue weighted by atomic mass is 32.1. The second-order valence-corrected chi connectivity index (χ2v) is 17.6. The summed E-state index contributed by atoms with van der Waals surface area (Å²) >= 11 is 1.14. The molecule has 3 rings (SSSR count). The lowest BCUT2D eigenvalue weighted by Gasteiger charge is -2.39. The molecule has 3 amide bonds. The van der Waals surface area contributed by atoms with Gasteiger partial charge in [0.05, 0.1) is 24.6 Å². The maximum Gasteiger partial charge on any atom is 0.306 e. The number of unbranched alkanes of at least 4 members (excludes halogenated alkanes) is 1. The van der Waals surface area contributed by atoms with E-state index in [1.54, 1.807) is 12.3 Å². The lowest BCUT2D eigenvalue weighted by atomic mass is 9.93. The van der Waals surface area contributed by atoms with E-state index in [1.165, 1.54) is 12.0 Å². The second kappa shape index (κ2) is 24.7. The molecule has 1 fully saturated rings. The molecular formula is C45H68N6O8S. The number of hydrogen-bond donors (Lipinski definition) is 4. The number of terminal acetylenes is 1. The van der Waals surface area contributed by atoms with Gasteiger partial charge in [0.15, 0.2) is 6.10 Å². The number of carboxylic acids is 1. The number of ether oxygens (including phenoxy) is 1. The highest BCUT2D eigenvalue weighted by Crippen LogP contribution is 2.32. The molecule has 0 bridgehead atoms. The van der Waals surface area contributed by atoms with Crippen LogP contribution in [-0.2, 0) is 35.2 Å². The Bertz CT molecular complexity index is 1740. The van der Waals surface area contributed by atoms with E-state index in [0.717, 1.165) is 42.0 Å². The number of carbonyl (C=O) groups excluding carboxylic acids is 4. The first-order valence-corrected chi connectivity index (χ1v) is 22.2. The van der Waals surface area contributed by atoms with Crippen molar-refractivity contribution in [3.63, 3.8) is 0 Å². The molecule has 4 N–H and O–H groups in total. The standard InChI is InChI=1S/C45H68N6O8S/c1-11-13-16-23-58-51(44(55)40(30(7)12-2)49-42(54)37-17-14-15-22-50(37)10)38(28(3)4)26-39(59-32(9)52)43-48-36(27-60-43)41(53)47-35(24-31(8)45(56)57)25-33-18-20-34(21-19-33)46-29(5)6/h1,18-21,27-31,35,37-40,46H,12-17,22-26H2,2-10H3,(H,47,53)(H,49,54)(H,56,57)/t30-,31-,35+,37+,38+,39+,40-/m0/s1. The summed E-state index contributed by atoms with van der Waals surface area (Å²) in [6.07, 6.45) is 9.42. The molecule has 1 aromatic carbocycles. The SMILES string of the molecule is C#CCCCON(C(=O)[C@@H](NC(=O)[C@H]1CCCCN1C)[C@@H](C)CC)[C@H](C[C@@H](OC(C)=O)c1nc(C(=O)N[C@@H](Cc2ccc(NC(C)C)cc2)C[C@H](C)C(=O)O)cs1)C(C)C. The third kappa shape index (κ3) is 15.5. The fraction of sp³-hybridized carbons (Fsp3) is 0.644. The van der Waals surface area contributed by atoms with E-state index in [4.69, 9.17) is 16.0 Å². The van der Waals surface area contributed by atoms with Crippen molar-refractivity contribution in [2.75, 3.05) is 25.5 Å². The molecule has 7 atom stereocenters. The van der Waals surface area contributed by atoms with Crippen LogP contribution in [0, 0.1) is 30.1 Å². The van der Waals surface area contributed by atoms with Crippen LogP contribution in [0.2, 0.25) is 0 Å². The third-order valence-electron chi connectivity index (χ3n) is 10.9. The number of benzene rings is 1. The van der Waals surface area contributed by atoms with Crippen LogP contribution in [0.1, 0.15) is 134 Å². The number of thiazole rings is 1. The van der Waals surface area contributed by atoms with Gasteiger partial charge < -0.3 is 25.8 Å². The fourth-order valence-corrected chi connectivity index (χ4v) is 8.11. The van der Waals surface area contributed by atoms with Gasteiger partial charge >= 0.3 is 11.9 Å². The molecule has 15 heteroatoms. The van der Waals surface area contributed by atoms with E-state index in [-0.39, 0.29) is 55.0 Å². The summed E-state index contributed by atoms with van der Waals surface area (Å²) in [5, 5.41) is 22.4. The van der Waals surface area contributed by atoms with Gasteiger partial charge in [-0.2, -0.15) is 0 Å². The van der Waals surface area contributed by atoms with E-state index in [2.05, 4.69) is 26.9 Å². The molecule has 0 unspecified atom stereocenters. The molecule has 2 heterocycles. The number of carbonyl (C=O) groups is 5. The minimum atomic E-state index is -0.965. The van der Waals surface area contributed by atoms with Gasteiger partial charge in [0, 0.05) is 42.9 Å². The van der Waals surface area contributed by atoms with E-state index < -0.39 is 53.9 Å². The zero-order chi connectivity index (χ0) is 44.5. The van der Waals surface area contributed by atoms with Crippen molar-refractivity contribution in [3.05, 3.63) is 45.9 Å². The number of anilines is 1. The summed E-state index contributed by atoms with van der Waals surface area (Å²) in [4.78, 5) is 79.5. The smallest absolute Gasteiger partial charge is 0.306 e. The van der Waals surface area contributed by atoms with Crippen LogP contribution in [0.3, 0.4) is 0 Å². The molecule has 1 aromatic heterocycles. The summed E-state index contributed by atoms with van der Waals surface area (Å²) in [6.45, 7) is 15.7. The molecule has 0 radical (unpaired) electrons. The second-order valence-electron chi connectivity index (χ2n) is 16.7. The van der Waals surface area contributed by atoms with Crippen LogP contribution in [-0.4, -0.2) is 100 Å². The number of nitrogens with zero attached hydrogens (tertiary/aromatic N) is 3. The Morgan fingerprint density at radius 1 is 1.05 bits per heavy atom. The van der Waals surface area contributed by atoms with Gasteiger partial charge in [-0.1, -0.05) is 59.6 Å². The minimum Gasteiger partial charge on any atom is -0.481 e. The Balaban J connectivity index is 1.92. The first-order valence-electron chi connectivity index (χ1n) is 21.4. The van der Waals surface area contributed by atoms with Crippen molar-refractivity contribution in [2.45, 2.75) is 149 Å². The number of carboxylic acid groups (broad SMARTS) is 1. The van der Waals surface area contributed by atoms with Crippen LogP contribution in [0.5, 0.6) is 0 Å². The van der Waals surface area contributed by atoms with Gasteiger partial charge in [-0.05, 0) is 89.1 Å². The average molecular weight is 853 g/mol. The quantitative estimate of drug-likeness (QED) is 0.0386. The van der Waals surface area contributed by atoms with Gasteiger partial charge in [-0.3, -0.25) is 33.7 Å². The first-order chi connectivity index (χ1) is 28.4. The van der Waals surface area contributed by atoms with Gasteiger partial charge in [0.1, 0.15) is 16.7 Å². The Hall–Kier alpha value is -4.52. The normalized spacial score (nSPS) is 17.4. The molecule has 332 valence electrons. The summed E-state index contributed by atoms with van der Waals surface area (Å²) < 4.78 is 5.85. The van der Waals surface area contributed by atoms with Crippen LogP contribution in [0.4, 0.5) is 5.69 Å². The Kier molecular flexibility index (Phi) is 20.5. The maximum atomic E-state index is 14.7. The zero-order valence-electron chi connectivity index (χ0n) is 37.0. The molecule has 0 saturated carbocycles. The molecule has 2 aromatic rings. The summed E-state index contributed by atoms with van der Waals surface area (Å²) in [5.74, 6) is -1.21. The Morgan fingerprint density at radius 2 is 1.75 bits per heavy atom. The average Bonchev–Trinajstić information content (AvgIpc) is 3.69. The van der Waals surface area contributed by atoms with E-state index >= 15 is 0 Å². The summed E-state index contributed by atoms with van der Waals surface area (Å²) in [5.41, 5.74) is 1.97. The number of amides is 3. The van der Waals surface area contributed by atoms with Crippen LogP contribution in [0.25, 0.3) is 0 Å². The van der Waals surface area contributed by atoms with Gasteiger partial charge in [-0.25, -0.2) is 10.0 Å². The topological polar surface area (TPSA) is 180 Å². The number of likely N-dealkylation sites (N-methyl/N-ethyl adjacent to an activating group) is 1. The number of nitrogens with one attached hydrogen (secondary N) is 3. The molecule has 0 spiro atoms. The van der Waals surface area contributed by atoms with Crippen molar-refractivity contribution in [1.29, 1.82) is 0 Å². The maximum absolute atomic E-state index is 14.7. The fourth-order valence-electron chi connectivity index (χ4n) is 7.27. The number of hydrogen-bond acceptors (Lipinski definition) is 11. The van der Waals surface area contributed by atoms with E-state index in [1.807, 2.05) is 77.8 Å². The number of likely N-dealkylation sites (tertiary alicyclic amines) is 1. The lowest BCUT2D eigenvalue weighted by molar-refractivity contribution is -0.213. The van der Waals surface area contributed by atoms with Crippen LogP contribution >= 0.6 is 11.3 Å². The predicted octanol–water partition coefficient (Wildman–Crippen LogP) is 6.62. The molecule has 14 nitrogen and oxygen atoms in total.